The highest BCUT2D eigenvalue weighted by molar-refractivity contribution is 6.57. The maximum Gasteiger partial charge on any atom is 0.183 e. The van der Waals surface area contributed by atoms with Gasteiger partial charge in [0.05, 0.1) is 14.5 Å². The van der Waals surface area contributed by atoms with Gasteiger partial charge in [0.2, 0.25) is 0 Å². The molecule has 1 fully saturated rings. The summed E-state index contributed by atoms with van der Waals surface area (Å²) in [5.74, 6) is 0. The van der Waals surface area contributed by atoms with Gasteiger partial charge in [-0.2, -0.15) is 0 Å². The molecule has 1 saturated heterocycles. The first kappa shape index (κ1) is 15.1. The third-order valence-electron chi connectivity index (χ3n) is 3.47. The van der Waals surface area contributed by atoms with Crippen molar-refractivity contribution in [3.05, 3.63) is 0 Å². The molecular formula is C11H23O5Si. The minimum atomic E-state index is -1.57. The standard InChI is InChI=1S/C11H23O5Si/c1-10(2,3)11(15)7(13)6(12)8(14)16-9(11)17(4)5/h6-9,12-15H,1-5H3/t6-,7+,8-,9?,11+/m1/s1. The normalized spacial score (nSPS) is 44.1. The molecule has 5 nitrogen and oxygen atoms in total. The number of ether oxygens (including phenoxy) is 1. The summed E-state index contributed by atoms with van der Waals surface area (Å²) in [5.41, 5.74) is -2.87. The highest BCUT2D eigenvalue weighted by Crippen LogP contribution is 2.43. The van der Waals surface area contributed by atoms with Crippen LogP contribution in [0.25, 0.3) is 0 Å². The Bertz CT molecular complexity index is 278. The Balaban J connectivity index is 3.20. The van der Waals surface area contributed by atoms with Gasteiger partial charge in [-0.25, -0.2) is 0 Å². The Morgan fingerprint density at radius 1 is 1.12 bits per heavy atom. The number of hydrogen-bond donors (Lipinski definition) is 4. The first-order chi connectivity index (χ1) is 7.53. The van der Waals surface area contributed by atoms with E-state index in [0.717, 1.165) is 0 Å². The molecule has 1 radical (unpaired) electrons. The van der Waals surface area contributed by atoms with Gasteiger partial charge >= 0.3 is 0 Å². The molecule has 5 atom stereocenters. The number of rotatable bonds is 1. The van der Waals surface area contributed by atoms with Crippen LogP contribution in [0.15, 0.2) is 0 Å². The molecule has 0 aromatic carbocycles. The molecule has 1 heterocycles. The van der Waals surface area contributed by atoms with Crippen molar-refractivity contribution in [3.8, 4) is 0 Å². The van der Waals surface area contributed by atoms with E-state index in [1.54, 1.807) is 20.8 Å². The minimum absolute atomic E-state index is 0.638. The van der Waals surface area contributed by atoms with Crippen molar-refractivity contribution in [2.24, 2.45) is 5.41 Å². The topological polar surface area (TPSA) is 90.2 Å². The van der Waals surface area contributed by atoms with Crippen LogP contribution in [0.5, 0.6) is 0 Å². The Hall–Kier alpha value is 0.0169. The van der Waals surface area contributed by atoms with Crippen molar-refractivity contribution in [2.45, 2.75) is 63.7 Å². The third-order valence-corrected chi connectivity index (χ3v) is 5.09. The second-order valence-electron chi connectivity index (χ2n) is 5.99. The lowest BCUT2D eigenvalue weighted by Crippen LogP contribution is -2.73. The van der Waals surface area contributed by atoms with Crippen molar-refractivity contribution in [1.29, 1.82) is 0 Å². The van der Waals surface area contributed by atoms with E-state index in [2.05, 4.69) is 0 Å². The largest absolute Gasteiger partial charge is 0.387 e. The van der Waals surface area contributed by atoms with Gasteiger partial charge in [-0.3, -0.25) is 0 Å². The number of hydrogen-bond acceptors (Lipinski definition) is 5. The fourth-order valence-corrected chi connectivity index (χ4v) is 4.20. The summed E-state index contributed by atoms with van der Waals surface area (Å²) in [5, 5.41) is 40.1. The fourth-order valence-electron chi connectivity index (χ4n) is 2.31. The van der Waals surface area contributed by atoms with Crippen LogP contribution in [0.4, 0.5) is 0 Å². The van der Waals surface area contributed by atoms with Crippen LogP contribution in [0.1, 0.15) is 20.8 Å². The van der Waals surface area contributed by atoms with E-state index in [4.69, 9.17) is 4.74 Å². The lowest BCUT2D eigenvalue weighted by atomic mass is 9.70. The molecule has 1 rings (SSSR count). The Morgan fingerprint density at radius 3 is 1.94 bits per heavy atom. The van der Waals surface area contributed by atoms with Crippen LogP contribution in [0.2, 0.25) is 13.1 Å². The van der Waals surface area contributed by atoms with Gasteiger partial charge in [-0.15, -0.1) is 0 Å². The molecule has 6 heteroatoms. The average molecular weight is 263 g/mol. The van der Waals surface area contributed by atoms with Crippen LogP contribution in [0, 0.1) is 5.41 Å². The van der Waals surface area contributed by atoms with Crippen molar-refractivity contribution in [1.82, 2.24) is 0 Å². The second-order valence-corrected chi connectivity index (χ2v) is 8.67. The Morgan fingerprint density at radius 2 is 1.59 bits per heavy atom. The molecule has 0 bridgehead atoms. The van der Waals surface area contributed by atoms with Crippen molar-refractivity contribution >= 4 is 8.80 Å². The smallest absolute Gasteiger partial charge is 0.183 e. The quantitative estimate of drug-likeness (QED) is 0.479. The molecule has 4 N–H and O–H groups in total. The predicted octanol–water partition coefficient (Wildman–Crippen LogP) is -0.504. The lowest BCUT2D eigenvalue weighted by Gasteiger charge is -2.54. The molecule has 0 saturated carbocycles. The summed E-state index contributed by atoms with van der Waals surface area (Å²) in [6.07, 6.45) is -4.36. The highest BCUT2D eigenvalue weighted by Gasteiger charge is 2.60. The molecule has 1 aliphatic rings. The van der Waals surface area contributed by atoms with Crippen LogP contribution < -0.4 is 0 Å². The van der Waals surface area contributed by atoms with E-state index in [1.165, 1.54) is 0 Å². The van der Waals surface area contributed by atoms with Gasteiger partial charge in [0.15, 0.2) is 6.29 Å². The zero-order valence-electron chi connectivity index (χ0n) is 11.0. The van der Waals surface area contributed by atoms with Crippen molar-refractivity contribution in [3.63, 3.8) is 0 Å². The van der Waals surface area contributed by atoms with Gasteiger partial charge in [-0.1, -0.05) is 33.9 Å². The van der Waals surface area contributed by atoms with Gasteiger partial charge in [0, 0.05) is 0 Å². The monoisotopic (exact) mass is 263 g/mol. The molecular weight excluding hydrogens is 240 g/mol. The van der Waals surface area contributed by atoms with E-state index in [-0.39, 0.29) is 0 Å². The van der Waals surface area contributed by atoms with E-state index in [9.17, 15) is 20.4 Å². The summed E-state index contributed by atoms with van der Waals surface area (Å²) in [6.45, 7) is 9.21. The minimum Gasteiger partial charge on any atom is -0.387 e. The fraction of sp³-hybridized carbons (Fsp3) is 1.00. The van der Waals surface area contributed by atoms with Gasteiger partial charge in [-0.05, 0) is 5.41 Å². The highest BCUT2D eigenvalue weighted by atomic mass is 28.3. The zero-order valence-corrected chi connectivity index (χ0v) is 12.0. The molecule has 101 valence electrons. The maximum absolute atomic E-state index is 10.8. The molecule has 1 aliphatic heterocycles. The number of aliphatic hydroxyl groups excluding tert-OH is 3. The maximum atomic E-state index is 10.8. The van der Waals surface area contributed by atoms with E-state index in [0.29, 0.717) is 0 Å². The molecule has 1 unspecified atom stereocenters. The third kappa shape index (κ3) is 2.30. The molecule has 0 aliphatic carbocycles. The van der Waals surface area contributed by atoms with E-state index in [1.807, 2.05) is 13.1 Å². The van der Waals surface area contributed by atoms with Crippen molar-refractivity contribution < 1.29 is 25.2 Å². The summed E-state index contributed by atoms with van der Waals surface area (Å²) in [7, 11) is -1.12. The van der Waals surface area contributed by atoms with Crippen molar-refractivity contribution in [2.75, 3.05) is 0 Å². The molecule has 0 aromatic rings. The zero-order chi connectivity index (χ0) is 13.6. The van der Waals surface area contributed by atoms with E-state index < -0.39 is 44.0 Å². The molecule has 0 amide bonds. The molecule has 0 aromatic heterocycles. The van der Waals surface area contributed by atoms with E-state index >= 15 is 0 Å². The summed E-state index contributed by atoms with van der Waals surface area (Å²) >= 11 is 0. The van der Waals surface area contributed by atoms with Gasteiger partial charge in [0.1, 0.15) is 17.8 Å². The summed E-state index contributed by atoms with van der Waals surface area (Å²) in [6, 6.07) is 0. The average Bonchev–Trinajstić information content (AvgIpc) is 2.18. The summed E-state index contributed by atoms with van der Waals surface area (Å²) in [4.78, 5) is 0. The SMILES string of the molecule is C[Si](C)C1O[C@@H](O)[C@H](O)[C@H](O)[C@@]1(O)C(C)(C)C. The molecule has 17 heavy (non-hydrogen) atoms. The molecule has 0 spiro atoms. The lowest BCUT2D eigenvalue weighted by molar-refractivity contribution is -0.320. The van der Waals surface area contributed by atoms with Crippen LogP contribution in [-0.2, 0) is 4.74 Å². The Labute approximate surface area is 104 Å². The van der Waals surface area contributed by atoms with Gasteiger partial charge < -0.3 is 25.2 Å². The van der Waals surface area contributed by atoms with Crippen LogP contribution in [0.3, 0.4) is 0 Å². The predicted molar refractivity (Wildman–Crippen MR) is 64.8 cm³/mol. The summed E-state index contributed by atoms with van der Waals surface area (Å²) < 4.78 is 5.31. The van der Waals surface area contributed by atoms with Crippen LogP contribution in [-0.4, -0.2) is 59.0 Å². The Kier molecular flexibility index (Phi) is 4.08. The first-order valence-corrected chi connectivity index (χ1v) is 8.33. The van der Waals surface area contributed by atoms with Gasteiger partial charge in [0.25, 0.3) is 0 Å². The number of aliphatic hydroxyl groups is 4. The second kappa shape index (κ2) is 4.60. The first-order valence-electron chi connectivity index (χ1n) is 5.75. The van der Waals surface area contributed by atoms with Crippen LogP contribution >= 0.6 is 0 Å².